The summed E-state index contributed by atoms with van der Waals surface area (Å²) in [6, 6.07) is 2.57. The maximum atomic E-state index is 14.6. The van der Waals surface area contributed by atoms with Crippen LogP contribution in [0.25, 0.3) is 0 Å². The maximum Gasteiger partial charge on any atom is 0.270 e. The van der Waals surface area contributed by atoms with E-state index in [1.54, 1.807) is 58.0 Å². The van der Waals surface area contributed by atoms with E-state index in [-0.39, 0.29) is 81.2 Å². The third kappa shape index (κ3) is 24.9. The van der Waals surface area contributed by atoms with Crippen molar-refractivity contribution in [3.8, 4) is 5.75 Å². The first-order valence-electron chi connectivity index (χ1n) is 31.4. The number of aliphatic hydroxyl groups is 1. The molecule has 0 bridgehead atoms. The summed E-state index contributed by atoms with van der Waals surface area (Å²) >= 11 is 0. The van der Waals surface area contributed by atoms with Crippen LogP contribution in [-0.2, 0) is 70.4 Å². The standard InChI is InChI=1S/C64H96N12O14/c1-9-11-12-13-17-21-42-34-53(80)68-45(27-28-52(65)79)57(83)69-44(10-2)64(90)76-29-18-22-51(76)62(88)74-50(36-77)61(87)72-48(33-41-23-25-43(78)26-24-41)58(84)71-47(31-38(5)6)60(86)75-55(39(7)8)63(89)73-49(32-40-19-15-14-16-20-40)59(85)70-46(30-37(3)4)56(82)66-35-54(81)67-42/h10,14-16,19-20,23-26,37-39,42,45-51,55,77-78H,9,11-13,17-18,21-22,27-36H2,1-8H3,(H2,65,79)(H,66,82)(H,67,81)(H,68,80)(H,69,83)(H,70,85)(H,71,84)(H,72,87)(H,73,89)(H,74,88)(H,75,86)/b44-10-/t42-,45+,46+,47-,48-,49-,50+,51+,55+/m1/s1. The van der Waals surface area contributed by atoms with Gasteiger partial charge in [-0.25, -0.2) is 0 Å². The number of nitrogens with zero attached hydrogens (tertiary/aromatic N) is 1. The highest BCUT2D eigenvalue weighted by Gasteiger charge is 2.40. The van der Waals surface area contributed by atoms with Gasteiger partial charge in [-0.15, -0.1) is 0 Å². The number of carbonyl (C=O) groups is 12. The number of fused-ring (bicyclic) bond motifs is 1. The van der Waals surface area contributed by atoms with Crippen LogP contribution in [0.2, 0.25) is 0 Å². The molecule has 26 heteroatoms. The number of rotatable bonds is 19. The molecular formula is C64H96N12O14. The highest BCUT2D eigenvalue weighted by molar-refractivity contribution is 6.02. The second-order valence-electron chi connectivity index (χ2n) is 24.4. The predicted octanol–water partition coefficient (Wildman–Crippen LogP) is 0.953. The van der Waals surface area contributed by atoms with E-state index in [1.165, 1.54) is 37.3 Å². The molecule has 0 aromatic heterocycles. The Morgan fingerprint density at radius 1 is 0.600 bits per heavy atom. The Morgan fingerprint density at radius 3 is 1.71 bits per heavy atom. The van der Waals surface area contributed by atoms with Crippen LogP contribution < -0.4 is 58.9 Å². The SMILES string of the molecule is C/C=C1\NC(=O)[C@H](CCC(N)=O)NC(=O)C[C@@H](CCCCCCC)NC(=O)CNC(=O)[C@H](CC(C)C)NC(=O)[C@@H](Cc2ccccc2)NC(=O)[C@H](C(C)C)NC(=O)[C@@H](CC(C)C)NC(=O)[C@@H](Cc2ccc(O)cc2)NC(=O)[C@H](CO)NC(=O)[C@@H]2CCCN2C1=O. The Bertz CT molecular complexity index is 2810. The number of aliphatic hydroxyl groups excluding tert-OH is 1. The molecule has 14 N–H and O–H groups in total. The van der Waals surface area contributed by atoms with Gasteiger partial charge in [-0.3, -0.25) is 57.5 Å². The lowest BCUT2D eigenvalue weighted by Gasteiger charge is -2.30. The van der Waals surface area contributed by atoms with Crippen LogP contribution in [-0.4, -0.2) is 160 Å². The van der Waals surface area contributed by atoms with Crippen LogP contribution in [0.5, 0.6) is 5.75 Å². The Hall–Kier alpha value is -8.42. The topological polar surface area (TPSA) is 395 Å². The van der Waals surface area contributed by atoms with Gasteiger partial charge in [0, 0.05) is 38.3 Å². The summed E-state index contributed by atoms with van der Waals surface area (Å²) in [6.07, 6.45) is 5.00. The zero-order valence-corrected chi connectivity index (χ0v) is 53.2. The first kappa shape index (κ1) is 74.0. The number of nitrogens with one attached hydrogen (secondary N) is 10. The molecule has 2 aliphatic rings. The van der Waals surface area contributed by atoms with Gasteiger partial charge in [-0.2, -0.15) is 0 Å². The van der Waals surface area contributed by atoms with Gasteiger partial charge in [0.15, 0.2) is 0 Å². The second-order valence-corrected chi connectivity index (χ2v) is 24.4. The number of amides is 12. The van der Waals surface area contributed by atoms with E-state index >= 15 is 0 Å². The first-order chi connectivity index (χ1) is 42.7. The van der Waals surface area contributed by atoms with E-state index in [1.807, 2.05) is 13.8 Å². The lowest BCUT2D eigenvalue weighted by Crippen LogP contribution is -2.61. The molecule has 2 saturated heterocycles. The van der Waals surface area contributed by atoms with Crippen LogP contribution in [0, 0.1) is 17.8 Å². The van der Waals surface area contributed by atoms with Crippen LogP contribution in [0.4, 0.5) is 0 Å². The quantitative estimate of drug-likeness (QED) is 0.0689. The largest absolute Gasteiger partial charge is 0.508 e. The number of carbonyl (C=O) groups excluding carboxylic acids is 12. The molecule has 0 saturated carbocycles. The monoisotopic (exact) mass is 1260 g/mol. The fourth-order valence-electron chi connectivity index (χ4n) is 10.6. The molecule has 2 aliphatic heterocycles. The van der Waals surface area contributed by atoms with Crippen molar-refractivity contribution < 1.29 is 67.7 Å². The van der Waals surface area contributed by atoms with Crippen LogP contribution in [0.3, 0.4) is 0 Å². The fourth-order valence-corrected chi connectivity index (χ4v) is 10.6. The molecule has 0 aliphatic carbocycles. The third-order valence-corrected chi connectivity index (χ3v) is 15.5. The molecule has 2 aromatic rings. The summed E-state index contributed by atoms with van der Waals surface area (Å²) in [4.78, 5) is 170. The number of allylic oxidation sites excluding steroid dienone is 1. The number of unbranched alkanes of at least 4 members (excludes halogenated alkanes) is 4. The molecule has 496 valence electrons. The van der Waals surface area contributed by atoms with Crippen molar-refractivity contribution in [2.45, 2.75) is 206 Å². The minimum Gasteiger partial charge on any atom is -0.508 e. The van der Waals surface area contributed by atoms with Crippen LogP contribution >= 0.6 is 0 Å². The molecular weight excluding hydrogens is 1160 g/mol. The van der Waals surface area contributed by atoms with Crippen molar-refractivity contribution in [3.63, 3.8) is 0 Å². The first-order valence-corrected chi connectivity index (χ1v) is 31.4. The van der Waals surface area contributed by atoms with Crippen LogP contribution in [0.15, 0.2) is 66.4 Å². The zero-order valence-electron chi connectivity index (χ0n) is 53.2. The molecule has 90 heavy (non-hydrogen) atoms. The number of nitrogens with two attached hydrogens (primary N) is 1. The average molecular weight is 1260 g/mol. The smallest absolute Gasteiger partial charge is 0.270 e. The Labute approximate surface area is 527 Å². The number of phenolic OH excluding ortho intramolecular Hbond substituents is 1. The third-order valence-electron chi connectivity index (χ3n) is 15.5. The van der Waals surface area contributed by atoms with Gasteiger partial charge >= 0.3 is 0 Å². The van der Waals surface area contributed by atoms with Crippen molar-refractivity contribution in [3.05, 3.63) is 77.5 Å². The minimum absolute atomic E-state index is 0.0175. The van der Waals surface area contributed by atoms with E-state index < -0.39 is 144 Å². The summed E-state index contributed by atoms with van der Waals surface area (Å²) in [5.41, 5.74) is 6.26. The molecule has 4 rings (SSSR count). The Balaban J connectivity index is 1.80. The second kappa shape index (κ2) is 37.5. The number of primary amides is 1. The van der Waals surface area contributed by atoms with Gasteiger partial charge in [-0.1, -0.05) is 129 Å². The lowest BCUT2D eigenvalue weighted by molar-refractivity contribution is -0.139. The normalized spacial score (nSPS) is 24.5. The highest BCUT2D eigenvalue weighted by atomic mass is 16.3. The molecule has 12 amide bonds. The molecule has 2 aromatic carbocycles. The van der Waals surface area contributed by atoms with E-state index in [9.17, 15) is 67.7 Å². The zero-order chi connectivity index (χ0) is 66.6. The summed E-state index contributed by atoms with van der Waals surface area (Å²) in [7, 11) is 0. The number of phenols is 1. The average Bonchev–Trinajstić information content (AvgIpc) is 1.84. The number of benzene rings is 2. The van der Waals surface area contributed by atoms with Gasteiger partial charge in [-0.05, 0) is 86.5 Å². The van der Waals surface area contributed by atoms with E-state index in [2.05, 4.69) is 60.1 Å². The van der Waals surface area contributed by atoms with Gasteiger partial charge in [0.1, 0.15) is 59.8 Å². The van der Waals surface area contributed by atoms with Crippen LogP contribution in [0.1, 0.15) is 150 Å². The van der Waals surface area contributed by atoms with Gasteiger partial charge in [0.25, 0.3) is 5.91 Å². The van der Waals surface area contributed by atoms with Crippen molar-refractivity contribution in [2.75, 3.05) is 19.7 Å². The molecule has 26 nitrogen and oxygen atoms in total. The van der Waals surface area contributed by atoms with Crippen molar-refractivity contribution in [1.82, 2.24) is 58.1 Å². The van der Waals surface area contributed by atoms with E-state index in [0.29, 0.717) is 30.4 Å². The molecule has 0 spiro atoms. The Kier molecular flexibility index (Phi) is 30.9. The highest BCUT2D eigenvalue weighted by Crippen LogP contribution is 2.21. The predicted molar refractivity (Wildman–Crippen MR) is 334 cm³/mol. The molecule has 2 heterocycles. The van der Waals surface area contributed by atoms with Gasteiger partial charge < -0.3 is 74.0 Å². The minimum atomic E-state index is -1.70. The Morgan fingerprint density at radius 2 is 1.14 bits per heavy atom. The summed E-state index contributed by atoms with van der Waals surface area (Å²) < 4.78 is 0. The fraction of sp³-hybridized carbons (Fsp3) is 0.594. The molecule has 0 radical (unpaired) electrons. The summed E-state index contributed by atoms with van der Waals surface area (Å²) in [5.74, 6) is -10.9. The van der Waals surface area contributed by atoms with Gasteiger partial charge in [0.05, 0.1) is 13.2 Å². The molecule has 0 unspecified atom stereocenters. The number of aromatic hydroxyl groups is 1. The summed E-state index contributed by atoms with van der Waals surface area (Å²) in [6.45, 7) is 12.5. The lowest BCUT2D eigenvalue weighted by atomic mass is 9.98. The van der Waals surface area contributed by atoms with Crippen molar-refractivity contribution >= 4 is 70.9 Å². The number of hydrogen-bond donors (Lipinski definition) is 13. The van der Waals surface area contributed by atoms with E-state index in [0.717, 1.165) is 30.6 Å². The van der Waals surface area contributed by atoms with Gasteiger partial charge in [0.2, 0.25) is 65.0 Å². The number of hydrogen-bond acceptors (Lipinski definition) is 14. The van der Waals surface area contributed by atoms with Crippen molar-refractivity contribution in [2.24, 2.45) is 23.5 Å². The van der Waals surface area contributed by atoms with E-state index in [4.69, 9.17) is 5.73 Å². The molecule has 2 fully saturated rings. The summed E-state index contributed by atoms with van der Waals surface area (Å²) in [5, 5.41) is 47.3. The van der Waals surface area contributed by atoms with Crippen molar-refractivity contribution in [1.29, 1.82) is 0 Å². The maximum absolute atomic E-state index is 14.6. The molecule has 9 atom stereocenters.